The van der Waals surface area contributed by atoms with E-state index in [1.54, 1.807) is 19.2 Å². The van der Waals surface area contributed by atoms with E-state index in [0.29, 0.717) is 19.3 Å². The Labute approximate surface area is 97.1 Å². The molecule has 0 aliphatic carbocycles. The predicted octanol–water partition coefficient (Wildman–Crippen LogP) is 2.15. The van der Waals surface area contributed by atoms with E-state index >= 15 is 0 Å². The van der Waals surface area contributed by atoms with Gasteiger partial charge in [-0.3, -0.25) is 9.59 Å². The zero-order valence-corrected chi connectivity index (χ0v) is 10.5. The first-order valence-electron chi connectivity index (χ1n) is 5.51. The van der Waals surface area contributed by atoms with Crippen LogP contribution in [0.15, 0.2) is 12.3 Å². The monoisotopic (exact) mass is 227 g/mol. The van der Waals surface area contributed by atoms with Gasteiger partial charge in [0.15, 0.2) is 0 Å². The van der Waals surface area contributed by atoms with Crippen LogP contribution < -0.4 is 5.32 Å². The van der Waals surface area contributed by atoms with Crippen molar-refractivity contribution in [2.75, 3.05) is 0 Å². The lowest BCUT2D eigenvalue weighted by Crippen LogP contribution is -2.23. The predicted molar refractivity (Wildman–Crippen MR) is 62.7 cm³/mol. The topological polar surface area (TPSA) is 55.4 Å². The van der Waals surface area contributed by atoms with Crippen LogP contribution in [-0.4, -0.2) is 17.5 Å². The summed E-state index contributed by atoms with van der Waals surface area (Å²) in [6.07, 6.45) is 4.67. The van der Waals surface area contributed by atoms with Crippen molar-refractivity contribution in [3.8, 4) is 0 Å². The van der Waals surface area contributed by atoms with Gasteiger partial charge in [-0.1, -0.05) is 13.0 Å². The number of carbonyl (C=O) groups excluding carboxylic acids is 2. The first-order chi connectivity index (χ1) is 7.35. The molecule has 0 aromatic heterocycles. The zero-order chi connectivity index (χ0) is 12.6. The summed E-state index contributed by atoms with van der Waals surface area (Å²) in [6, 6.07) is 0. The average molecular weight is 227 g/mol. The summed E-state index contributed by atoms with van der Waals surface area (Å²) >= 11 is 0. The van der Waals surface area contributed by atoms with Crippen molar-refractivity contribution in [1.29, 1.82) is 0 Å². The molecule has 0 aromatic carbocycles. The number of nitrogens with one attached hydrogen (secondary N) is 1. The first kappa shape index (κ1) is 14.7. The van der Waals surface area contributed by atoms with Gasteiger partial charge in [0, 0.05) is 12.8 Å². The first-order valence-corrected chi connectivity index (χ1v) is 5.51. The molecule has 0 aliphatic rings. The second-order valence-corrected chi connectivity index (χ2v) is 4.45. The fourth-order valence-corrected chi connectivity index (χ4v) is 0.931. The Morgan fingerprint density at radius 3 is 2.44 bits per heavy atom. The molecule has 0 atom stereocenters. The van der Waals surface area contributed by atoms with Crippen molar-refractivity contribution in [2.45, 2.75) is 52.6 Å². The maximum Gasteiger partial charge on any atom is 0.306 e. The molecule has 0 saturated carbocycles. The van der Waals surface area contributed by atoms with Gasteiger partial charge in [0.1, 0.15) is 5.60 Å². The lowest BCUT2D eigenvalue weighted by Gasteiger charge is -2.19. The number of allylic oxidation sites excluding steroid dienone is 1. The highest BCUT2D eigenvalue weighted by Gasteiger charge is 2.14. The quantitative estimate of drug-likeness (QED) is 0.732. The van der Waals surface area contributed by atoms with Crippen molar-refractivity contribution >= 4 is 11.9 Å². The highest BCUT2D eigenvalue weighted by atomic mass is 16.6. The molecule has 0 spiro atoms. The molecule has 0 bridgehead atoms. The van der Waals surface area contributed by atoms with Gasteiger partial charge in [0.25, 0.3) is 0 Å². The summed E-state index contributed by atoms with van der Waals surface area (Å²) in [5, 5.41) is 2.58. The number of rotatable bonds is 5. The van der Waals surface area contributed by atoms with Crippen LogP contribution in [0.2, 0.25) is 0 Å². The van der Waals surface area contributed by atoms with E-state index in [4.69, 9.17) is 4.74 Å². The van der Waals surface area contributed by atoms with Gasteiger partial charge in [0.2, 0.25) is 5.91 Å². The molecule has 0 fully saturated rings. The Balaban J connectivity index is 3.66. The fraction of sp³-hybridized carbons (Fsp3) is 0.667. The summed E-state index contributed by atoms with van der Waals surface area (Å²) < 4.78 is 5.13. The third kappa shape index (κ3) is 9.24. The van der Waals surface area contributed by atoms with Crippen LogP contribution in [0.1, 0.15) is 47.0 Å². The zero-order valence-electron chi connectivity index (χ0n) is 10.5. The van der Waals surface area contributed by atoms with Gasteiger partial charge < -0.3 is 10.1 Å². The highest BCUT2D eigenvalue weighted by Crippen LogP contribution is 2.09. The van der Waals surface area contributed by atoms with Crippen molar-refractivity contribution < 1.29 is 14.3 Å². The van der Waals surface area contributed by atoms with Gasteiger partial charge in [-0.25, -0.2) is 0 Å². The van der Waals surface area contributed by atoms with Crippen LogP contribution in [-0.2, 0) is 14.3 Å². The van der Waals surface area contributed by atoms with Crippen LogP contribution in [0.25, 0.3) is 0 Å². The van der Waals surface area contributed by atoms with Gasteiger partial charge in [0.05, 0.1) is 0 Å². The summed E-state index contributed by atoms with van der Waals surface area (Å²) in [6.45, 7) is 7.29. The smallest absolute Gasteiger partial charge is 0.306 e. The number of amides is 1. The van der Waals surface area contributed by atoms with Crippen molar-refractivity contribution in [3.05, 3.63) is 12.3 Å². The molecule has 0 rings (SSSR count). The van der Waals surface area contributed by atoms with Gasteiger partial charge in [-0.05, 0) is 33.4 Å². The molecule has 0 unspecified atom stereocenters. The Morgan fingerprint density at radius 1 is 1.31 bits per heavy atom. The molecule has 0 radical (unpaired) electrons. The van der Waals surface area contributed by atoms with Gasteiger partial charge in [-0.2, -0.15) is 0 Å². The highest BCUT2D eigenvalue weighted by molar-refractivity contribution is 5.76. The summed E-state index contributed by atoms with van der Waals surface area (Å²) in [7, 11) is 0. The van der Waals surface area contributed by atoms with Crippen molar-refractivity contribution in [1.82, 2.24) is 5.32 Å². The Morgan fingerprint density at radius 2 is 1.94 bits per heavy atom. The molecule has 0 heterocycles. The standard InChI is InChI=1S/C12H21NO3/c1-5-10(14)13-9-7-6-8-11(15)16-12(2,3)4/h7,9H,5-6,8H2,1-4H3,(H,13,14)/b9-7+. The maximum atomic E-state index is 11.3. The molecule has 0 aromatic rings. The normalized spacial score (nSPS) is 11.5. The third-order valence-corrected chi connectivity index (χ3v) is 1.62. The minimum Gasteiger partial charge on any atom is -0.460 e. The average Bonchev–Trinajstić information content (AvgIpc) is 2.14. The molecular formula is C12H21NO3. The van der Waals surface area contributed by atoms with Crippen LogP contribution >= 0.6 is 0 Å². The van der Waals surface area contributed by atoms with E-state index in [1.165, 1.54) is 0 Å². The van der Waals surface area contributed by atoms with Crippen LogP contribution in [0.5, 0.6) is 0 Å². The second kappa shape index (κ2) is 7.04. The molecule has 92 valence electrons. The number of hydrogen-bond donors (Lipinski definition) is 1. The molecule has 1 amide bonds. The molecule has 0 saturated heterocycles. The van der Waals surface area contributed by atoms with Gasteiger partial charge in [-0.15, -0.1) is 0 Å². The Hall–Kier alpha value is -1.32. The minimum atomic E-state index is -0.433. The molecule has 1 N–H and O–H groups in total. The van der Waals surface area contributed by atoms with E-state index in [2.05, 4.69) is 5.32 Å². The van der Waals surface area contributed by atoms with E-state index < -0.39 is 5.60 Å². The van der Waals surface area contributed by atoms with E-state index in [9.17, 15) is 9.59 Å². The third-order valence-electron chi connectivity index (χ3n) is 1.62. The maximum absolute atomic E-state index is 11.3. The van der Waals surface area contributed by atoms with E-state index in [-0.39, 0.29) is 11.9 Å². The number of ether oxygens (including phenoxy) is 1. The number of hydrogen-bond acceptors (Lipinski definition) is 3. The molecule has 0 aliphatic heterocycles. The summed E-state index contributed by atoms with van der Waals surface area (Å²) in [5.41, 5.74) is -0.433. The second-order valence-electron chi connectivity index (χ2n) is 4.45. The lowest BCUT2D eigenvalue weighted by molar-refractivity contribution is -0.154. The van der Waals surface area contributed by atoms with E-state index in [1.807, 2.05) is 20.8 Å². The minimum absolute atomic E-state index is 0.0338. The fourth-order valence-electron chi connectivity index (χ4n) is 0.931. The molecule has 4 heteroatoms. The van der Waals surface area contributed by atoms with Crippen LogP contribution in [0.3, 0.4) is 0 Å². The van der Waals surface area contributed by atoms with Crippen molar-refractivity contribution in [2.24, 2.45) is 0 Å². The SMILES string of the molecule is CCC(=O)N/C=C/CCC(=O)OC(C)(C)C. The summed E-state index contributed by atoms with van der Waals surface area (Å²) in [5.74, 6) is -0.257. The van der Waals surface area contributed by atoms with E-state index in [0.717, 1.165) is 0 Å². The van der Waals surface area contributed by atoms with Gasteiger partial charge >= 0.3 is 5.97 Å². The summed E-state index contributed by atoms with van der Waals surface area (Å²) in [4.78, 5) is 22.1. The Bertz CT molecular complexity index is 264. The Kier molecular flexibility index (Phi) is 6.46. The number of carbonyl (C=O) groups is 2. The lowest BCUT2D eigenvalue weighted by atomic mass is 10.2. The van der Waals surface area contributed by atoms with Crippen LogP contribution in [0, 0.1) is 0 Å². The molecule has 4 nitrogen and oxygen atoms in total. The van der Waals surface area contributed by atoms with Crippen LogP contribution in [0.4, 0.5) is 0 Å². The number of esters is 1. The molecule has 16 heavy (non-hydrogen) atoms. The molecular weight excluding hydrogens is 206 g/mol. The van der Waals surface area contributed by atoms with Crippen molar-refractivity contribution in [3.63, 3.8) is 0 Å². The largest absolute Gasteiger partial charge is 0.460 e.